The number of halogens is 1. The molecule has 1 N–H and O–H groups in total. The van der Waals surface area contributed by atoms with Crippen LogP contribution in [0.2, 0.25) is 5.02 Å². The summed E-state index contributed by atoms with van der Waals surface area (Å²) < 4.78 is 1.48. The zero-order valence-corrected chi connectivity index (χ0v) is 16.7. The summed E-state index contributed by atoms with van der Waals surface area (Å²) in [5.74, 6) is 0.794. The lowest BCUT2D eigenvalue weighted by Crippen LogP contribution is -2.49. The fourth-order valence-corrected chi connectivity index (χ4v) is 4.91. The van der Waals surface area contributed by atoms with Crippen LogP contribution in [-0.2, 0) is 4.79 Å². The van der Waals surface area contributed by atoms with Gasteiger partial charge in [-0.05, 0) is 18.6 Å². The highest BCUT2D eigenvalue weighted by Crippen LogP contribution is 2.42. The van der Waals surface area contributed by atoms with Gasteiger partial charge in [-0.2, -0.15) is 4.52 Å². The average Bonchev–Trinajstić information content (AvgIpc) is 3.15. The summed E-state index contributed by atoms with van der Waals surface area (Å²) >= 11 is 7.93. The van der Waals surface area contributed by atoms with E-state index < -0.39 is 0 Å². The Morgan fingerprint density at radius 2 is 1.96 bits per heavy atom. The van der Waals surface area contributed by atoms with Gasteiger partial charge in [-0.3, -0.25) is 9.69 Å². The van der Waals surface area contributed by atoms with Crippen molar-refractivity contribution in [3.8, 4) is 5.88 Å². The Labute approximate surface area is 165 Å². The first-order chi connectivity index (χ1) is 13.0. The standard InChI is InChI=1S/C18H20ClN5O2S/c1-11-20-18-24(21-11)17(26)16(27-18)15(13-5-3-4-6-14(13)19)23-9-7-22(8-10-23)12(2)25/h3-6,15,26H,7-10H2,1-2H3. The third-order valence-electron chi connectivity index (χ3n) is 4.88. The van der Waals surface area contributed by atoms with Crippen LogP contribution < -0.4 is 0 Å². The molecule has 4 rings (SSSR count). The van der Waals surface area contributed by atoms with Gasteiger partial charge in [-0.25, -0.2) is 4.98 Å². The minimum absolute atomic E-state index is 0.0843. The molecule has 1 aromatic carbocycles. The number of fused-ring (bicyclic) bond motifs is 1. The van der Waals surface area contributed by atoms with Gasteiger partial charge in [0.25, 0.3) is 0 Å². The van der Waals surface area contributed by atoms with Gasteiger partial charge in [0.15, 0.2) is 0 Å². The van der Waals surface area contributed by atoms with Crippen molar-refractivity contribution >= 4 is 33.8 Å². The molecule has 1 amide bonds. The number of thiazole rings is 1. The minimum Gasteiger partial charge on any atom is -0.492 e. The topological polar surface area (TPSA) is 74.0 Å². The van der Waals surface area contributed by atoms with Crippen molar-refractivity contribution < 1.29 is 9.90 Å². The number of aromatic hydroxyl groups is 1. The Bertz CT molecular complexity index is 993. The van der Waals surface area contributed by atoms with E-state index in [-0.39, 0.29) is 17.8 Å². The second-order valence-corrected chi connectivity index (χ2v) is 8.03. The highest BCUT2D eigenvalue weighted by molar-refractivity contribution is 7.17. The van der Waals surface area contributed by atoms with Crippen molar-refractivity contribution in [3.05, 3.63) is 45.6 Å². The zero-order valence-electron chi connectivity index (χ0n) is 15.1. The molecule has 1 fully saturated rings. The van der Waals surface area contributed by atoms with E-state index in [1.54, 1.807) is 13.8 Å². The molecule has 0 spiro atoms. The monoisotopic (exact) mass is 405 g/mol. The first kappa shape index (κ1) is 18.2. The summed E-state index contributed by atoms with van der Waals surface area (Å²) in [4.78, 5) is 21.5. The van der Waals surface area contributed by atoms with Crippen molar-refractivity contribution in [3.63, 3.8) is 0 Å². The van der Waals surface area contributed by atoms with Gasteiger partial charge >= 0.3 is 0 Å². The van der Waals surface area contributed by atoms with Gasteiger partial charge in [-0.1, -0.05) is 41.1 Å². The lowest BCUT2D eigenvalue weighted by Gasteiger charge is -2.39. The van der Waals surface area contributed by atoms with Crippen LogP contribution in [0, 0.1) is 6.92 Å². The molecule has 0 aliphatic carbocycles. The summed E-state index contributed by atoms with van der Waals surface area (Å²) in [5.41, 5.74) is 0.923. The lowest BCUT2D eigenvalue weighted by molar-refractivity contribution is -0.130. The van der Waals surface area contributed by atoms with Crippen molar-refractivity contribution in [1.29, 1.82) is 0 Å². The molecule has 27 heavy (non-hydrogen) atoms. The van der Waals surface area contributed by atoms with Crippen LogP contribution in [0.3, 0.4) is 0 Å². The number of hydrogen-bond donors (Lipinski definition) is 1. The summed E-state index contributed by atoms with van der Waals surface area (Å²) in [6.07, 6.45) is 0. The van der Waals surface area contributed by atoms with Gasteiger partial charge in [0.05, 0.1) is 10.9 Å². The average molecular weight is 406 g/mol. The van der Waals surface area contributed by atoms with Crippen molar-refractivity contribution in [1.82, 2.24) is 24.4 Å². The third kappa shape index (κ3) is 3.28. The number of carbonyl (C=O) groups excluding carboxylic acids is 1. The van der Waals surface area contributed by atoms with Gasteiger partial charge < -0.3 is 10.0 Å². The normalized spacial score (nSPS) is 16.8. The van der Waals surface area contributed by atoms with Crippen LogP contribution in [0.5, 0.6) is 5.88 Å². The predicted molar refractivity (Wildman–Crippen MR) is 104 cm³/mol. The van der Waals surface area contributed by atoms with E-state index in [1.807, 2.05) is 29.2 Å². The van der Waals surface area contributed by atoms with Gasteiger partial charge in [0.1, 0.15) is 5.82 Å². The number of benzene rings is 1. The fourth-order valence-electron chi connectivity index (χ4n) is 3.52. The van der Waals surface area contributed by atoms with E-state index in [2.05, 4.69) is 15.0 Å². The second kappa shape index (κ2) is 7.10. The van der Waals surface area contributed by atoms with E-state index in [1.165, 1.54) is 15.9 Å². The Morgan fingerprint density at radius 1 is 1.26 bits per heavy atom. The van der Waals surface area contributed by atoms with Crippen LogP contribution in [0.1, 0.15) is 29.2 Å². The van der Waals surface area contributed by atoms with E-state index in [9.17, 15) is 9.90 Å². The number of amides is 1. The first-order valence-electron chi connectivity index (χ1n) is 8.74. The molecular weight excluding hydrogens is 386 g/mol. The van der Waals surface area contributed by atoms with Crippen LogP contribution in [0.25, 0.3) is 4.96 Å². The van der Waals surface area contributed by atoms with Crippen molar-refractivity contribution in [2.75, 3.05) is 26.2 Å². The van der Waals surface area contributed by atoms with Crippen LogP contribution in [0.4, 0.5) is 0 Å². The summed E-state index contributed by atoms with van der Waals surface area (Å²) in [6, 6.07) is 7.45. The Balaban J connectivity index is 1.77. The van der Waals surface area contributed by atoms with Gasteiger partial charge in [-0.15, -0.1) is 5.10 Å². The molecule has 3 aromatic rings. The number of carbonyl (C=O) groups is 1. The Hall–Kier alpha value is -2.16. The highest BCUT2D eigenvalue weighted by atomic mass is 35.5. The molecule has 9 heteroatoms. The number of rotatable bonds is 3. The summed E-state index contributed by atoms with van der Waals surface area (Å²) in [5, 5.41) is 15.8. The number of piperazine rings is 1. The lowest BCUT2D eigenvalue weighted by atomic mass is 10.0. The molecule has 1 unspecified atom stereocenters. The molecule has 1 aliphatic heterocycles. The molecule has 0 bridgehead atoms. The largest absolute Gasteiger partial charge is 0.492 e. The van der Waals surface area contributed by atoms with Crippen LogP contribution in [-0.4, -0.2) is 61.6 Å². The number of aromatic nitrogens is 3. The molecule has 0 saturated carbocycles. The molecule has 2 aromatic heterocycles. The van der Waals surface area contributed by atoms with Crippen LogP contribution >= 0.6 is 22.9 Å². The van der Waals surface area contributed by atoms with Crippen molar-refractivity contribution in [2.24, 2.45) is 0 Å². The number of hydrogen-bond acceptors (Lipinski definition) is 6. The number of aryl methyl sites for hydroxylation is 1. The highest BCUT2D eigenvalue weighted by Gasteiger charge is 2.33. The molecule has 7 nitrogen and oxygen atoms in total. The SMILES string of the molecule is CC(=O)N1CCN(C(c2ccccc2Cl)c2sc3nc(C)nn3c2O)CC1. The summed E-state index contributed by atoms with van der Waals surface area (Å²) in [6.45, 7) is 6.08. The maximum absolute atomic E-state index is 11.7. The molecule has 0 radical (unpaired) electrons. The van der Waals surface area contributed by atoms with E-state index >= 15 is 0 Å². The second-order valence-electron chi connectivity index (χ2n) is 6.61. The van der Waals surface area contributed by atoms with Gasteiger partial charge in [0.2, 0.25) is 16.7 Å². The maximum Gasteiger partial charge on any atom is 0.230 e. The molecule has 1 aliphatic rings. The molecule has 1 atom stereocenters. The Kier molecular flexibility index (Phi) is 4.79. The zero-order chi connectivity index (χ0) is 19.1. The van der Waals surface area contributed by atoms with Gasteiger partial charge in [0, 0.05) is 38.1 Å². The number of nitrogens with zero attached hydrogens (tertiary/aromatic N) is 5. The molecular formula is C18H20ClN5O2S. The third-order valence-corrected chi connectivity index (χ3v) is 6.30. The molecule has 1 saturated heterocycles. The summed E-state index contributed by atoms with van der Waals surface area (Å²) in [7, 11) is 0. The smallest absolute Gasteiger partial charge is 0.230 e. The maximum atomic E-state index is 11.7. The van der Waals surface area contributed by atoms with E-state index in [4.69, 9.17) is 11.6 Å². The van der Waals surface area contributed by atoms with Crippen LogP contribution in [0.15, 0.2) is 24.3 Å². The Morgan fingerprint density at radius 3 is 2.59 bits per heavy atom. The van der Waals surface area contributed by atoms with E-state index in [0.29, 0.717) is 42.0 Å². The first-order valence-corrected chi connectivity index (χ1v) is 9.94. The quantitative estimate of drug-likeness (QED) is 0.725. The predicted octanol–water partition coefficient (Wildman–Crippen LogP) is 2.71. The molecule has 142 valence electrons. The van der Waals surface area contributed by atoms with Crippen molar-refractivity contribution in [2.45, 2.75) is 19.9 Å². The minimum atomic E-state index is -0.221. The van der Waals surface area contributed by atoms with E-state index in [0.717, 1.165) is 10.4 Å². The fraction of sp³-hybridized carbons (Fsp3) is 0.389. The molecule has 3 heterocycles.